The van der Waals surface area contributed by atoms with Gasteiger partial charge in [-0.2, -0.15) is 0 Å². The van der Waals surface area contributed by atoms with Gasteiger partial charge in [0.25, 0.3) is 0 Å². The quantitative estimate of drug-likeness (QED) is 0.269. The van der Waals surface area contributed by atoms with Crippen molar-refractivity contribution in [3.63, 3.8) is 0 Å². The molecular formula is C18H27ClHgO5Si. The molecule has 5 atom stereocenters. The first kappa shape index (κ1) is 21.0. The number of rotatable bonds is 6. The van der Waals surface area contributed by atoms with E-state index in [4.69, 9.17) is 22.1 Å². The SMILES string of the molecule is CCC[CH]([Hg][Cl])C1OC(=O)C2=C1C(=O)[C@H]1O[C@H]1[C@@H]2O[Si](C)(C)C(C)(C)C. The second kappa shape index (κ2) is 7.25. The molecule has 0 bridgehead atoms. The van der Waals surface area contributed by atoms with Crippen molar-refractivity contribution in [1.82, 2.24) is 0 Å². The Bertz CT molecular complexity index is 656. The van der Waals surface area contributed by atoms with Gasteiger partial charge in [-0.1, -0.05) is 0 Å². The van der Waals surface area contributed by atoms with Crippen molar-refractivity contribution in [2.45, 2.75) is 86.5 Å². The predicted molar refractivity (Wildman–Crippen MR) is 97.2 cm³/mol. The summed E-state index contributed by atoms with van der Waals surface area (Å²) in [4.78, 5) is 25.6. The number of hydrogen-bond acceptors (Lipinski definition) is 5. The van der Waals surface area contributed by atoms with E-state index in [-0.39, 0.29) is 20.4 Å². The van der Waals surface area contributed by atoms with Crippen molar-refractivity contribution in [3.05, 3.63) is 11.1 Å². The van der Waals surface area contributed by atoms with Crippen LogP contribution in [0.15, 0.2) is 11.1 Å². The molecule has 1 fully saturated rings. The van der Waals surface area contributed by atoms with Crippen molar-refractivity contribution < 1.29 is 46.8 Å². The van der Waals surface area contributed by atoms with Gasteiger partial charge in [0.15, 0.2) is 0 Å². The molecule has 2 unspecified atom stereocenters. The van der Waals surface area contributed by atoms with Gasteiger partial charge in [0.05, 0.1) is 0 Å². The Morgan fingerprint density at radius 2 is 1.92 bits per heavy atom. The first-order valence-corrected chi connectivity index (χ1v) is 22.3. The van der Waals surface area contributed by atoms with Crippen LogP contribution in [0.2, 0.25) is 21.6 Å². The number of hydrogen-bond donors (Lipinski definition) is 0. The summed E-state index contributed by atoms with van der Waals surface area (Å²) in [6.45, 7) is 12.9. The first-order chi connectivity index (χ1) is 12.0. The molecule has 0 aromatic heterocycles. The van der Waals surface area contributed by atoms with Crippen LogP contribution in [0.3, 0.4) is 0 Å². The molecule has 2 heterocycles. The van der Waals surface area contributed by atoms with E-state index in [2.05, 4.69) is 40.8 Å². The number of epoxide rings is 1. The van der Waals surface area contributed by atoms with E-state index in [1.807, 2.05) is 0 Å². The summed E-state index contributed by atoms with van der Waals surface area (Å²) < 4.78 is 18.0. The molecule has 1 aliphatic carbocycles. The van der Waals surface area contributed by atoms with Crippen molar-refractivity contribution >= 4 is 28.3 Å². The van der Waals surface area contributed by atoms with E-state index in [1.165, 1.54) is 0 Å². The van der Waals surface area contributed by atoms with Gasteiger partial charge in [0.2, 0.25) is 0 Å². The number of halogens is 1. The van der Waals surface area contributed by atoms with E-state index < -0.39 is 55.9 Å². The molecule has 0 N–H and O–H groups in total. The van der Waals surface area contributed by atoms with Crippen LogP contribution in [-0.4, -0.2) is 44.5 Å². The van der Waals surface area contributed by atoms with Crippen LogP contribution >= 0.6 is 8.25 Å². The molecule has 26 heavy (non-hydrogen) atoms. The van der Waals surface area contributed by atoms with Crippen LogP contribution in [0, 0.1) is 0 Å². The first-order valence-electron chi connectivity index (χ1n) is 9.42. The van der Waals surface area contributed by atoms with Crippen LogP contribution in [0.25, 0.3) is 0 Å². The van der Waals surface area contributed by atoms with Gasteiger partial charge < -0.3 is 0 Å². The summed E-state index contributed by atoms with van der Waals surface area (Å²) >= 11 is -1.72. The molecule has 0 saturated carbocycles. The number of fused-ring (bicyclic) bond motifs is 1. The third-order valence-corrected chi connectivity index (χ3v) is 18.9. The van der Waals surface area contributed by atoms with Gasteiger partial charge in [-0.05, 0) is 0 Å². The third-order valence-electron chi connectivity index (χ3n) is 6.17. The Hall–Kier alpha value is 0.242. The second-order valence-corrected chi connectivity index (χ2v) is 21.8. The molecule has 0 aromatic carbocycles. The fraction of sp³-hybridized carbons (Fsp3) is 0.778. The standard InChI is InChI=1S/C18H27O5Si.ClH.Hg/c1-7-8-9-10-11-12(17(20)21-10)14(16-15(22-16)13(11)19)23-24(5,6)18(2,3)4;;/h9-10,14-16H,7-8H2,1-6H3;1H;/q;;+1/p-1/t10?,14-,15-,16+;;/m1../s1. The van der Waals surface area contributed by atoms with E-state index in [0.717, 1.165) is 12.8 Å². The van der Waals surface area contributed by atoms with Gasteiger partial charge in [-0.3, -0.25) is 0 Å². The summed E-state index contributed by atoms with van der Waals surface area (Å²) in [5.74, 6) is -0.494. The number of Topliss-reactive ketones (excluding diaryl/α,β-unsaturated/α-hetero) is 1. The zero-order chi connectivity index (χ0) is 19.4. The Morgan fingerprint density at radius 3 is 2.46 bits per heavy atom. The summed E-state index contributed by atoms with van der Waals surface area (Å²) in [6, 6.07) is 0. The maximum absolute atomic E-state index is 12.9. The van der Waals surface area contributed by atoms with Gasteiger partial charge >= 0.3 is 173 Å². The Morgan fingerprint density at radius 1 is 1.27 bits per heavy atom. The molecule has 1 saturated heterocycles. The Kier molecular flexibility index (Phi) is 5.84. The number of carbonyl (C=O) groups excluding carboxylic acids is 2. The van der Waals surface area contributed by atoms with Gasteiger partial charge in [-0.15, -0.1) is 0 Å². The molecule has 8 heteroatoms. The number of carbonyl (C=O) groups is 2. The number of ether oxygens (including phenoxy) is 2. The van der Waals surface area contributed by atoms with Crippen molar-refractivity contribution in [3.8, 4) is 0 Å². The zero-order valence-corrected chi connectivity index (χ0v) is 23.7. The van der Waals surface area contributed by atoms with Crippen LogP contribution in [0.5, 0.6) is 0 Å². The van der Waals surface area contributed by atoms with Crippen LogP contribution in [0.4, 0.5) is 0 Å². The molecule has 3 aliphatic rings. The van der Waals surface area contributed by atoms with Crippen LogP contribution in [-0.2, 0) is 46.8 Å². The fourth-order valence-electron chi connectivity index (χ4n) is 3.56. The number of ketones is 1. The van der Waals surface area contributed by atoms with Gasteiger partial charge in [0.1, 0.15) is 0 Å². The van der Waals surface area contributed by atoms with Crippen LogP contribution in [0.1, 0.15) is 40.5 Å². The predicted octanol–water partition coefficient (Wildman–Crippen LogP) is 3.77. The average Bonchev–Trinajstić information content (AvgIpc) is 3.26. The molecular weight excluding hydrogens is 560 g/mol. The van der Waals surface area contributed by atoms with Crippen LogP contribution < -0.4 is 0 Å². The monoisotopic (exact) mass is 588 g/mol. The Balaban J connectivity index is 1.98. The molecule has 0 radical (unpaired) electrons. The summed E-state index contributed by atoms with van der Waals surface area (Å²) in [5, 5.41) is -0.000573. The molecule has 0 amide bonds. The minimum atomic E-state index is -2.14. The average molecular weight is 588 g/mol. The fourth-order valence-corrected chi connectivity index (χ4v) is 11.7. The Labute approximate surface area is 172 Å². The zero-order valence-electron chi connectivity index (χ0n) is 16.4. The molecule has 0 spiro atoms. The van der Waals surface area contributed by atoms with E-state index in [1.54, 1.807) is 0 Å². The van der Waals surface area contributed by atoms with E-state index in [9.17, 15) is 9.59 Å². The van der Waals surface area contributed by atoms with Crippen molar-refractivity contribution in [1.29, 1.82) is 0 Å². The molecule has 2 aliphatic heterocycles. The van der Waals surface area contributed by atoms with Crippen molar-refractivity contribution in [2.24, 2.45) is 0 Å². The maximum atomic E-state index is 12.9. The topological polar surface area (TPSA) is 65.1 Å². The molecule has 5 nitrogen and oxygen atoms in total. The van der Waals surface area contributed by atoms with E-state index >= 15 is 0 Å². The minimum absolute atomic E-state index is 0.000573. The van der Waals surface area contributed by atoms with Crippen molar-refractivity contribution in [2.75, 3.05) is 0 Å². The molecule has 142 valence electrons. The summed E-state index contributed by atoms with van der Waals surface area (Å²) in [5.41, 5.74) is 0.930. The normalized spacial score (nSPS) is 32.0. The molecule has 3 rings (SSSR count). The number of cyclic esters (lactones) is 1. The number of esters is 1. The van der Waals surface area contributed by atoms with E-state index in [0.29, 0.717) is 11.1 Å². The van der Waals surface area contributed by atoms with Gasteiger partial charge in [0, 0.05) is 0 Å². The third kappa shape index (κ3) is 3.49. The second-order valence-electron chi connectivity index (χ2n) is 9.04. The summed E-state index contributed by atoms with van der Waals surface area (Å²) in [6.07, 6.45) is 0.0895. The van der Waals surface area contributed by atoms with Gasteiger partial charge in [-0.25, -0.2) is 0 Å². The molecule has 0 aromatic rings. The summed E-state index contributed by atoms with van der Waals surface area (Å²) in [7, 11) is 4.21.